The highest BCUT2D eigenvalue weighted by atomic mass is 16.1. The van der Waals surface area contributed by atoms with E-state index >= 15 is 0 Å². The van der Waals surface area contributed by atoms with Gasteiger partial charge in [0.05, 0.1) is 6.04 Å². The summed E-state index contributed by atoms with van der Waals surface area (Å²) in [6.45, 7) is 4.10. The summed E-state index contributed by atoms with van der Waals surface area (Å²) in [5.74, 6) is 0.652. The Labute approximate surface area is 86.4 Å². The highest BCUT2D eigenvalue weighted by Gasteiger charge is 2.22. The van der Waals surface area contributed by atoms with Crippen LogP contribution in [-0.2, 0) is 4.79 Å². The fourth-order valence-corrected chi connectivity index (χ4v) is 2.17. The van der Waals surface area contributed by atoms with Crippen LogP contribution in [-0.4, -0.2) is 18.0 Å². The third-order valence-electron chi connectivity index (χ3n) is 3.34. The monoisotopic (exact) mass is 198 g/mol. The molecule has 0 bridgehead atoms. The van der Waals surface area contributed by atoms with Crippen LogP contribution in [0.1, 0.15) is 46.0 Å². The van der Waals surface area contributed by atoms with Crippen molar-refractivity contribution in [2.75, 3.05) is 0 Å². The molecule has 3 heteroatoms. The van der Waals surface area contributed by atoms with Gasteiger partial charge in [0.25, 0.3) is 0 Å². The molecular formula is C11H22N2O. The third-order valence-corrected chi connectivity index (χ3v) is 3.34. The van der Waals surface area contributed by atoms with E-state index in [9.17, 15) is 4.79 Å². The Morgan fingerprint density at radius 1 is 1.43 bits per heavy atom. The number of rotatable bonds is 4. The maximum atomic E-state index is 10.9. The lowest BCUT2D eigenvalue weighted by Gasteiger charge is -2.29. The Hall–Kier alpha value is -0.570. The van der Waals surface area contributed by atoms with Gasteiger partial charge in [-0.2, -0.15) is 0 Å². The van der Waals surface area contributed by atoms with Gasteiger partial charge in [-0.05, 0) is 38.5 Å². The van der Waals surface area contributed by atoms with Gasteiger partial charge in [0.2, 0.25) is 5.91 Å². The van der Waals surface area contributed by atoms with Crippen molar-refractivity contribution in [1.82, 2.24) is 5.32 Å². The minimum Gasteiger partial charge on any atom is -0.368 e. The number of hydrogen-bond donors (Lipinski definition) is 2. The molecule has 1 aliphatic rings. The van der Waals surface area contributed by atoms with Gasteiger partial charge in [-0.1, -0.05) is 13.3 Å². The highest BCUT2D eigenvalue weighted by Crippen LogP contribution is 2.26. The quantitative estimate of drug-likeness (QED) is 0.717. The first-order valence-corrected chi connectivity index (χ1v) is 5.68. The zero-order chi connectivity index (χ0) is 10.6. The first-order chi connectivity index (χ1) is 6.63. The van der Waals surface area contributed by atoms with Crippen molar-refractivity contribution in [3.63, 3.8) is 0 Å². The highest BCUT2D eigenvalue weighted by molar-refractivity contribution is 5.79. The van der Waals surface area contributed by atoms with Crippen LogP contribution >= 0.6 is 0 Å². The van der Waals surface area contributed by atoms with Crippen LogP contribution in [0.2, 0.25) is 0 Å². The number of nitrogens with two attached hydrogens (primary N) is 1. The van der Waals surface area contributed by atoms with Crippen molar-refractivity contribution < 1.29 is 4.79 Å². The zero-order valence-electron chi connectivity index (χ0n) is 9.25. The smallest absolute Gasteiger partial charge is 0.234 e. The number of carbonyl (C=O) groups is 1. The lowest BCUT2D eigenvalue weighted by atomic mass is 9.84. The van der Waals surface area contributed by atoms with Gasteiger partial charge in [0.1, 0.15) is 0 Å². The fourth-order valence-electron chi connectivity index (χ4n) is 2.17. The van der Waals surface area contributed by atoms with Gasteiger partial charge in [0.15, 0.2) is 0 Å². The Bertz CT molecular complexity index is 186. The Balaban J connectivity index is 2.25. The lowest BCUT2D eigenvalue weighted by molar-refractivity contribution is -0.119. The fraction of sp³-hybridized carbons (Fsp3) is 0.909. The number of nitrogens with one attached hydrogen (secondary N) is 1. The molecule has 1 atom stereocenters. The van der Waals surface area contributed by atoms with Crippen molar-refractivity contribution in [2.45, 2.75) is 58.0 Å². The molecule has 14 heavy (non-hydrogen) atoms. The summed E-state index contributed by atoms with van der Waals surface area (Å²) in [5.41, 5.74) is 5.21. The van der Waals surface area contributed by atoms with Crippen LogP contribution in [0.4, 0.5) is 0 Å². The minimum absolute atomic E-state index is 0.182. The lowest BCUT2D eigenvalue weighted by Crippen LogP contribution is -2.45. The van der Waals surface area contributed by atoms with Gasteiger partial charge in [0, 0.05) is 6.04 Å². The van der Waals surface area contributed by atoms with E-state index in [2.05, 4.69) is 12.2 Å². The zero-order valence-corrected chi connectivity index (χ0v) is 9.25. The predicted octanol–water partition coefficient (Wildman–Crippen LogP) is 1.42. The first kappa shape index (κ1) is 11.5. The van der Waals surface area contributed by atoms with Crippen molar-refractivity contribution in [1.29, 1.82) is 0 Å². The number of carbonyl (C=O) groups excluding carboxylic acids is 1. The molecule has 82 valence electrons. The molecule has 1 rings (SSSR count). The van der Waals surface area contributed by atoms with E-state index in [0.29, 0.717) is 6.04 Å². The average molecular weight is 198 g/mol. The Morgan fingerprint density at radius 3 is 2.43 bits per heavy atom. The van der Waals surface area contributed by atoms with Crippen LogP contribution in [0.15, 0.2) is 0 Å². The van der Waals surface area contributed by atoms with E-state index in [0.717, 1.165) is 5.92 Å². The molecule has 3 N–H and O–H groups in total. The molecule has 0 heterocycles. The van der Waals surface area contributed by atoms with Crippen LogP contribution < -0.4 is 11.1 Å². The number of hydrogen-bond acceptors (Lipinski definition) is 2. The summed E-state index contributed by atoms with van der Waals surface area (Å²) in [6.07, 6.45) is 6.25. The second-order valence-electron chi connectivity index (χ2n) is 4.42. The summed E-state index contributed by atoms with van der Waals surface area (Å²) in [7, 11) is 0. The maximum Gasteiger partial charge on any atom is 0.234 e. The van der Waals surface area contributed by atoms with Crippen LogP contribution in [0.25, 0.3) is 0 Å². The molecule has 0 aromatic heterocycles. The number of amides is 1. The standard InChI is InChI=1S/C11H22N2O/c1-3-9-4-6-10(7-5-9)13-8(2)11(12)14/h8-10,13H,3-7H2,1-2H3,(H2,12,14). The topological polar surface area (TPSA) is 55.1 Å². The van der Waals surface area contributed by atoms with Crippen molar-refractivity contribution in [2.24, 2.45) is 11.7 Å². The Morgan fingerprint density at radius 2 is 2.00 bits per heavy atom. The molecule has 0 aliphatic heterocycles. The van der Waals surface area contributed by atoms with Crippen molar-refractivity contribution in [3.05, 3.63) is 0 Å². The van der Waals surface area contributed by atoms with E-state index in [4.69, 9.17) is 5.73 Å². The molecule has 0 aromatic rings. The molecule has 0 spiro atoms. The van der Waals surface area contributed by atoms with E-state index in [1.165, 1.54) is 32.1 Å². The van der Waals surface area contributed by atoms with Gasteiger partial charge < -0.3 is 11.1 Å². The molecule has 3 nitrogen and oxygen atoms in total. The average Bonchev–Trinajstić information content (AvgIpc) is 2.19. The van der Waals surface area contributed by atoms with Crippen LogP contribution in [0.3, 0.4) is 0 Å². The molecule has 1 fully saturated rings. The minimum atomic E-state index is -0.248. The molecule has 1 unspecified atom stereocenters. The predicted molar refractivity (Wildman–Crippen MR) is 57.8 cm³/mol. The Kier molecular flexibility index (Phi) is 4.39. The molecule has 0 aromatic carbocycles. The van der Waals surface area contributed by atoms with Crippen LogP contribution in [0.5, 0.6) is 0 Å². The summed E-state index contributed by atoms with van der Waals surface area (Å²) in [4.78, 5) is 10.9. The summed E-state index contributed by atoms with van der Waals surface area (Å²) in [5, 5.41) is 3.29. The molecule has 0 saturated heterocycles. The molecule has 1 saturated carbocycles. The van der Waals surface area contributed by atoms with E-state index in [1.807, 2.05) is 6.92 Å². The summed E-state index contributed by atoms with van der Waals surface area (Å²) >= 11 is 0. The molecule has 1 amide bonds. The second kappa shape index (κ2) is 5.35. The van der Waals surface area contributed by atoms with Gasteiger partial charge in [-0.3, -0.25) is 4.79 Å². The van der Waals surface area contributed by atoms with Crippen molar-refractivity contribution >= 4 is 5.91 Å². The van der Waals surface area contributed by atoms with E-state index < -0.39 is 0 Å². The normalized spacial score (nSPS) is 29.9. The van der Waals surface area contributed by atoms with E-state index in [1.54, 1.807) is 0 Å². The molecule has 1 aliphatic carbocycles. The summed E-state index contributed by atoms with van der Waals surface area (Å²) < 4.78 is 0. The SMILES string of the molecule is CCC1CCC(NC(C)C(N)=O)CC1. The molecule has 0 radical (unpaired) electrons. The maximum absolute atomic E-state index is 10.9. The van der Waals surface area contributed by atoms with Gasteiger partial charge in [-0.25, -0.2) is 0 Å². The molecular weight excluding hydrogens is 176 g/mol. The van der Waals surface area contributed by atoms with Gasteiger partial charge in [-0.15, -0.1) is 0 Å². The number of primary amides is 1. The van der Waals surface area contributed by atoms with Crippen LogP contribution in [0, 0.1) is 5.92 Å². The van der Waals surface area contributed by atoms with E-state index in [-0.39, 0.29) is 11.9 Å². The largest absolute Gasteiger partial charge is 0.368 e. The second-order valence-corrected chi connectivity index (χ2v) is 4.42. The summed E-state index contributed by atoms with van der Waals surface area (Å²) in [6, 6.07) is 0.318. The van der Waals surface area contributed by atoms with Gasteiger partial charge >= 0.3 is 0 Å². The third kappa shape index (κ3) is 3.29. The van der Waals surface area contributed by atoms with Crippen molar-refractivity contribution in [3.8, 4) is 0 Å². The first-order valence-electron chi connectivity index (χ1n) is 5.68.